The molecule has 2 N–H and O–H groups in total. The van der Waals surface area contributed by atoms with Crippen LogP contribution in [0.4, 0.5) is 5.82 Å². The first kappa shape index (κ1) is 19.1. The van der Waals surface area contributed by atoms with Crippen LogP contribution in [0.5, 0.6) is 0 Å². The highest BCUT2D eigenvalue weighted by atomic mass is 16.2. The van der Waals surface area contributed by atoms with Crippen molar-refractivity contribution in [1.29, 1.82) is 0 Å². The molecular formula is C19H28N6O2. The van der Waals surface area contributed by atoms with E-state index in [0.29, 0.717) is 42.8 Å². The molecule has 0 aromatic carbocycles. The number of amides is 2. The quantitative estimate of drug-likeness (QED) is 0.836. The number of aromatic amines is 1. The minimum absolute atomic E-state index is 0.0484. The van der Waals surface area contributed by atoms with Gasteiger partial charge in [-0.3, -0.25) is 9.59 Å². The summed E-state index contributed by atoms with van der Waals surface area (Å²) in [6.07, 6.45) is 4.82. The van der Waals surface area contributed by atoms with Gasteiger partial charge in [-0.05, 0) is 20.3 Å². The molecular weight excluding hydrogens is 344 g/mol. The van der Waals surface area contributed by atoms with E-state index in [1.165, 1.54) is 0 Å². The van der Waals surface area contributed by atoms with E-state index in [4.69, 9.17) is 4.98 Å². The fraction of sp³-hybridized carbons (Fsp3) is 0.579. The molecule has 1 aliphatic heterocycles. The molecule has 1 saturated heterocycles. The summed E-state index contributed by atoms with van der Waals surface area (Å²) < 4.78 is 0. The van der Waals surface area contributed by atoms with Gasteiger partial charge in [0.05, 0.1) is 11.8 Å². The molecule has 0 saturated carbocycles. The van der Waals surface area contributed by atoms with Crippen LogP contribution in [-0.2, 0) is 4.79 Å². The minimum Gasteiger partial charge on any atom is -0.350 e. The van der Waals surface area contributed by atoms with Crippen LogP contribution < -0.4 is 10.2 Å². The fourth-order valence-electron chi connectivity index (χ4n) is 3.49. The Morgan fingerprint density at radius 1 is 1.33 bits per heavy atom. The number of nitrogens with zero attached hydrogens (tertiary/aromatic N) is 4. The molecule has 2 aromatic rings. The minimum atomic E-state index is -0.159. The summed E-state index contributed by atoms with van der Waals surface area (Å²) in [5.41, 5.74) is 1.67. The SMILES string of the molecule is CCC(=O)N1CCN(c2cnc3[nH]cc(C(=O)NC(C)C)c3n2)[C@@H](CC)C1. The molecule has 0 bridgehead atoms. The van der Waals surface area contributed by atoms with Crippen LogP contribution in [0.15, 0.2) is 12.4 Å². The van der Waals surface area contributed by atoms with Gasteiger partial charge < -0.3 is 20.1 Å². The maximum absolute atomic E-state index is 12.4. The Labute approximate surface area is 159 Å². The van der Waals surface area contributed by atoms with Crippen molar-refractivity contribution in [2.45, 2.75) is 52.6 Å². The molecule has 0 aliphatic carbocycles. The zero-order chi connectivity index (χ0) is 19.6. The monoisotopic (exact) mass is 372 g/mol. The van der Waals surface area contributed by atoms with Crippen molar-refractivity contribution >= 4 is 28.8 Å². The number of hydrogen-bond acceptors (Lipinski definition) is 5. The predicted octanol–water partition coefficient (Wildman–Crippen LogP) is 1.93. The lowest BCUT2D eigenvalue weighted by atomic mass is 10.1. The summed E-state index contributed by atoms with van der Waals surface area (Å²) in [7, 11) is 0. The standard InChI is InChI=1S/C19H28N6O2/c1-5-13-11-24(16(26)6-2)7-8-25(13)15-10-21-18-17(23-15)14(9-20-18)19(27)22-12(3)4/h9-10,12-13H,5-8,11H2,1-4H3,(H,20,21)(H,22,27)/t13-/m0/s1. The van der Waals surface area contributed by atoms with Gasteiger partial charge in [-0.25, -0.2) is 9.97 Å². The van der Waals surface area contributed by atoms with Gasteiger partial charge in [-0.1, -0.05) is 13.8 Å². The molecule has 0 radical (unpaired) electrons. The number of carbonyl (C=O) groups is 2. The first-order valence-corrected chi connectivity index (χ1v) is 9.64. The van der Waals surface area contributed by atoms with E-state index >= 15 is 0 Å². The van der Waals surface area contributed by atoms with Crippen LogP contribution in [0.1, 0.15) is 50.9 Å². The molecule has 1 fully saturated rings. The molecule has 3 rings (SSSR count). The summed E-state index contributed by atoms with van der Waals surface area (Å²) in [6.45, 7) is 9.93. The molecule has 8 nitrogen and oxygen atoms in total. The van der Waals surface area contributed by atoms with Gasteiger partial charge in [0.2, 0.25) is 5.91 Å². The molecule has 8 heteroatoms. The maximum Gasteiger partial charge on any atom is 0.255 e. The summed E-state index contributed by atoms with van der Waals surface area (Å²) in [5, 5.41) is 2.90. The topological polar surface area (TPSA) is 94.2 Å². The Morgan fingerprint density at radius 2 is 2.11 bits per heavy atom. The summed E-state index contributed by atoms with van der Waals surface area (Å²) in [4.78, 5) is 40.8. The third-order valence-corrected chi connectivity index (χ3v) is 4.94. The summed E-state index contributed by atoms with van der Waals surface area (Å²) in [6, 6.07) is 0.236. The number of anilines is 1. The number of piperazine rings is 1. The van der Waals surface area contributed by atoms with Gasteiger partial charge in [-0.15, -0.1) is 0 Å². The lowest BCUT2D eigenvalue weighted by Crippen LogP contribution is -2.54. The Kier molecular flexibility index (Phi) is 5.62. The van der Waals surface area contributed by atoms with E-state index in [1.807, 2.05) is 25.7 Å². The van der Waals surface area contributed by atoms with Crippen molar-refractivity contribution < 1.29 is 9.59 Å². The second-order valence-corrected chi connectivity index (χ2v) is 7.20. The van der Waals surface area contributed by atoms with Crippen molar-refractivity contribution in [3.05, 3.63) is 18.0 Å². The third-order valence-electron chi connectivity index (χ3n) is 4.94. The summed E-state index contributed by atoms with van der Waals surface area (Å²) >= 11 is 0. The molecule has 2 aromatic heterocycles. The Bertz CT molecular complexity index is 831. The lowest BCUT2D eigenvalue weighted by molar-refractivity contribution is -0.131. The first-order valence-electron chi connectivity index (χ1n) is 9.64. The molecule has 27 heavy (non-hydrogen) atoms. The first-order chi connectivity index (χ1) is 12.9. The molecule has 1 atom stereocenters. The number of aromatic nitrogens is 3. The van der Waals surface area contributed by atoms with Crippen molar-refractivity contribution in [3.8, 4) is 0 Å². The van der Waals surface area contributed by atoms with Crippen molar-refractivity contribution in [2.24, 2.45) is 0 Å². The van der Waals surface area contributed by atoms with Crippen molar-refractivity contribution in [2.75, 3.05) is 24.5 Å². The number of carbonyl (C=O) groups excluding carboxylic acids is 2. The van der Waals surface area contributed by atoms with E-state index in [2.05, 4.69) is 27.1 Å². The molecule has 2 amide bonds. The number of rotatable bonds is 5. The molecule has 0 unspecified atom stereocenters. The number of H-pyrrole nitrogens is 1. The normalized spacial score (nSPS) is 17.6. The maximum atomic E-state index is 12.4. The van der Waals surface area contributed by atoms with E-state index in [1.54, 1.807) is 12.4 Å². The zero-order valence-corrected chi connectivity index (χ0v) is 16.5. The van der Waals surface area contributed by atoms with Crippen molar-refractivity contribution in [1.82, 2.24) is 25.2 Å². The van der Waals surface area contributed by atoms with E-state index < -0.39 is 0 Å². The Hall–Kier alpha value is -2.64. The van der Waals surface area contributed by atoms with Gasteiger partial charge in [-0.2, -0.15) is 0 Å². The number of fused-ring (bicyclic) bond motifs is 1. The van der Waals surface area contributed by atoms with Crippen molar-refractivity contribution in [3.63, 3.8) is 0 Å². The van der Waals surface area contributed by atoms with Crippen LogP contribution in [0, 0.1) is 0 Å². The van der Waals surface area contributed by atoms with E-state index in [9.17, 15) is 9.59 Å². The number of hydrogen-bond donors (Lipinski definition) is 2. The fourth-order valence-corrected chi connectivity index (χ4v) is 3.49. The molecule has 146 valence electrons. The van der Waals surface area contributed by atoms with Crippen LogP contribution in [0.3, 0.4) is 0 Å². The Morgan fingerprint density at radius 3 is 2.78 bits per heavy atom. The van der Waals surface area contributed by atoms with Gasteiger partial charge in [0.25, 0.3) is 5.91 Å². The molecule has 0 spiro atoms. The second kappa shape index (κ2) is 7.94. The highest BCUT2D eigenvalue weighted by Gasteiger charge is 2.29. The van der Waals surface area contributed by atoms with Crippen LogP contribution in [0.2, 0.25) is 0 Å². The molecule has 3 heterocycles. The largest absolute Gasteiger partial charge is 0.350 e. The second-order valence-electron chi connectivity index (χ2n) is 7.20. The predicted molar refractivity (Wildman–Crippen MR) is 105 cm³/mol. The average molecular weight is 372 g/mol. The van der Waals surface area contributed by atoms with Gasteiger partial charge in [0.15, 0.2) is 5.65 Å². The molecule has 1 aliphatic rings. The summed E-state index contributed by atoms with van der Waals surface area (Å²) in [5.74, 6) is 0.775. The third kappa shape index (κ3) is 3.89. The van der Waals surface area contributed by atoms with E-state index in [0.717, 1.165) is 12.2 Å². The van der Waals surface area contributed by atoms with Crippen LogP contribution >= 0.6 is 0 Å². The van der Waals surface area contributed by atoms with Gasteiger partial charge in [0, 0.05) is 44.3 Å². The van der Waals surface area contributed by atoms with Crippen LogP contribution in [-0.4, -0.2) is 63.4 Å². The van der Waals surface area contributed by atoms with Crippen LogP contribution in [0.25, 0.3) is 11.2 Å². The average Bonchev–Trinajstić information content (AvgIpc) is 3.09. The number of nitrogens with one attached hydrogen (secondary N) is 2. The highest BCUT2D eigenvalue weighted by molar-refractivity contribution is 6.04. The lowest BCUT2D eigenvalue weighted by Gasteiger charge is -2.41. The van der Waals surface area contributed by atoms with E-state index in [-0.39, 0.29) is 23.9 Å². The zero-order valence-electron chi connectivity index (χ0n) is 16.5. The Balaban J connectivity index is 1.88. The van der Waals surface area contributed by atoms with Gasteiger partial charge in [0.1, 0.15) is 11.3 Å². The smallest absolute Gasteiger partial charge is 0.255 e. The van der Waals surface area contributed by atoms with Gasteiger partial charge >= 0.3 is 0 Å². The highest BCUT2D eigenvalue weighted by Crippen LogP contribution is 2.23.